The number of hydrogen-bond donors (Lipinski definition) is 2. The Bertz CT molecular complexity index is 561. The molecule has 0 fully saturated rings. The molecule has 1 aliphatic rings. The van der Waals surface area contributed by atoms with Crippen LogP contribution in [0, 0.1) is 0 Å². The summed E-state index contributed by atoms with van der Waals surface area (Å²) in [5.74, 6) is 1.22. The number of nitrogen functional groups attached to an aromatic ring is 1. The molecule has 94 valence electrons. The van der Waals surface area contributed by atoms with Gasteiger partial charge in [0.15, 0.2) is 5.13 Å². The summed E-state index contributed by atoms with van der Waals surface area (Å²) >= 11 is 1.67. The van der Waals surface area contributed by atoms with Crippen LogP contribution >= 0.6 is 11.3 Å². The lowest BCUT2D eigenvalue weighted by Gasteiger charge is -2.05. The summed E-state index contributed by atoms with van der Waals surface area (Å²) in [7, 11) is 1.55. The number of nitrogens with two attached hydrogens (primary N) is 1. The molecule has 0 saturated carbocycles. The average Bonchev–Trinajstić information content (AvgIpc) is 2.88. The first-order valence-corrected chi connectivity index (χ1v) is 6.50. The zero-order valence-corrected chi connectivity index (χ0v) is 10.8. The third kappa shape index (κ3) is 2.08. The first kappa shape index (κ1) is 11.2. The Balaban J connectivity index is 1.85. The van der Waals surface area contributed by atoms with E-state index in [-0.39, 0.29) is 5.95 Å². The Labute approximate surface area is 108 Å². The number of fused-ring (bicyclic) bond motifs is 1. The number of anilines is 3. The van der Waals surface area contributed by atoms with Gasteiger partial charge in [0, 0.05) is 10.9 Å². The molecule has 6 nitrogen and oxygen atoms in total. The second-order valence-electron chi connectivity index (χ2n) is 4.02. The number of methoxy groups -OCH3 is 1. The van der Waals surface area contributed by atoms with E-state index in [0.29, 0.717) is 11.7 Å². The lowest BCUT2D eigenvalue weighted by atomic mass is 10.4. The predicted octanol–water partition coefficient (Wildman–Crippen LogP) is 1.76. The van der Waals surface area contributed by atoms with Gasteiger partial charge in [-0.15, -0.1) is 11.3 Å². The van der Waals surface area contributed by atoms with Crippen molar-refractivity contribution in [1.29, 1.82) is 0 Å². The van der Waals surface area contributed by atoms with Gasteiger partial charge in [0.2, 0.25) is 11.8 Å². The molecule has 0 aromatic carbocycles. The highest BCUT2D eigenvalue weighted by Gasteiger charge is 2.17. The number of aryl methyl sites for hydroxylation is 2. The molecule has 0 radical (unpaired) electrons. The van der Waals surface area contributed by atoms with Gasteiger partial charge >= 0.3 is 0 Å². The van der Waals surface area contributed by atoms with Crippen LogP contribution in [0.25, 0.3) is 0 Å². The van der Waals surface area contributed by atoms with Crippen LogP contribution in [0.4, 0.5) is 16.9 Å². The SMILES string of the molecule is COc1cc(Nc2nc3c(s2)CCC3)nc(N)n1. The topological polar surface area (TPSA) is 86.0 Å². The van der Waals surface area contributed by atoms with Gasteiger partial charge in [-0.05, 0) is 19.3 Å². The third-order valence-corrected chi connectivity index (χ3v) is 3.83. The van der Waals surface area contributed by atoms with E-state index in [1.807, 2.05) is 0 Å². The largest absolute Gasteiger partial charge is 0.481 e. The maximum atomic E-state index is 5.60. The van der Waals surface area contributed by atoms with Crippen molar-refractivity contribution in [3.05, 3.63) is 16.6 Å². The van der Waals surface area contributed by atoms with Crippen molar-refractivity contribution >= 4 is 28.2 Å². The van der Waals surface area contributed by atoms with Crippen LogP contribution in [0.2, 0.25) is 0 Å². The zero-order chi connectivity index (χ0) is 12.5. The number of ether oxygens (including phenoxy) is 1. The minimum absolute atomic E-state index is 0.181. The molecule has 0 amide bonds. The van der Waals surface area contributed by atoms with Crippen LogP contribution in [0.3, 0.4) is 0 Å². The molecule has 3 rings (SSSR count). The summed E-state index contributed by atoms with van der Waals surface area (Å²) in [5, 5.41) is 3.99. The van der Waals surface area contributed by atoms with Crippen LogP contribution < -0.4 is 15.8 Å². The van der Waals surface area contributed by atoms with Gasteiger partial charge in [-0.3, -0.25) is 0 Å². The second kappa shape index (κ2) is 4.41. The van der Waals surface area contributed by atoms with Crippen molar-refractivity contribution in [2.75, 3.05) is 18.2 Å². The number of nitrogens with zero attached hydrogens (tertiary/aromatic N) is 3. The molecular weight excluding hydrogens is 250 g/mol. The van der Waals surface area contributed by atoms with Crippen LogP contribution in [-0.4, -0.2) is 22.1 Å². The van der Waals surface area contributed by atoms with Crippen LogP contribution in [0.5, 0.6) is 5.88 Å². The monoisotopic (exact) mass is 263 g/mol. The molecule has 0 bridgehead atoms. The number of thiazole rings is 1. The van der Waals surface area contributed by atoms with Crippen molar-refractivity contribution in [1.82, 2.24) is 15.0 Å². The van der Waals surface area contributed by atoms with E-state index >= 15 is 0 Å². The molecule has 3 N–H and O–H groups in total. The Kier molecular flexibility index (Phi) is 2.75. The molecule has 2 heterocycles. The minimum atomic E-state index is 0.181. The van der Waals surface area contributed by atoms with E-state index in [2.05, 4.69) is 20.3 Å². The standard InChI is InChI=1S/C11H13N5OS/c1-17-9-5-8(14-10(12)16-9)15-11-13-6-3-2-4-7(6)18-11/h5H,2-4H2,1H3,(H3,12,13,14,15,16). The van der Waals surface area contributed by atoms with E-state index in [1.165, 1.54) is 17.0 Å². The van der Waals surface area contributed by atoms with Crippen molar-refractivity contribution in [2.45, 2.75) is 19.3 Å². The maximum Gasteiger partial charge on any atom is 0.225 e. The van der Waals surface area contributed by atoms with Gasteiger partial charge in [0.1, 0.15) is 5.82 Å². The highest BCUT2D eigenvalue weighted by molar-refractivity contribution is 7.15. The number of nitrogens with one attached hydrogen (secondary N) is 1. The molecule has 2 aromatic rings. The summed E-state index contributed by atoms with van der Waals surface area (Å²) < 4.78 is 5.05. The molecule has 0 aliphatic heterocycles. The summed E-state index contributed by atoms with van der Waals surface area (Å²) in [5.41, 5.74) is 6.81. The van der Waals surface area contributed by atoms with Crippen molar-refractivity contribution < 1.29 is 4.74 Å². The zero-order valence-electron chi connectivity index (χ0n) is 9.93. The van der Waals surface area contributed by atoms with Gasteiger partial charge in [-0.2, -0.15) is 9.97 Å². The maximum absolute atomic E-state index is 5.60. The van der Waals surface area contributed by atoms with E-state index in [0.717, 1.165) is 18.0 Å². The fourth-order valence-electron chi connectivity index (χ4n) is 1.96. The van der Waals surface area contributed by atoms with Gasteiger partial charge in [-0.25, -0.2) is 4.98 Å². The normalized spacial score (nSPS) is 13.4. The van der Waals surface area contributed by atoms with Crippen LogP contribution in [0.15, 0.2) is 6.07 Å². The van der Waals surface area contributed by atoms with Gasteiger partial charge < -0.3 is 15.8 Å². The fourth-order valence-corrected chi connectivity index (χ4v) is 3.02. The quantitative estimate of drug-likeness (QED) is 0.877. The fraction of sp³-hybridized carbons (Fsp3) is 0.364. The molecule has 7 heteroatoms. The molecule has 2 aromatic heterocycles. The number of rotatable bonds is 3. The number of aromatic nitrogens is 3. The van der Waals surface area contributed by atoms with E-state index in [9.17, 15) is 0 Å². The first-order valence-electron chi connectivity index (χ1n) is 5.69. The molecule has 0 atom stereocenters. The van der Waals surface area contributed by atoms with Crippen molar-refractivity contribution in [3.63, 3.8) is 0 Å². The Morgan fingerprint density at radius 3 is 3.00 bits per heavy atom. The highest BCUT2D eigenvalue weighted by atomic mass is 32.1. The first-order chi connectivity index (χ1) is 8.74. The Hall–Kier alpha value is -1.89. The summed E-state index contributed by atoms with van der Waals surface area (Å²) in [6.45, 7) is 0. The van der Waals surface area contributed by atoms with E-state index < -0.39 is 0 Å². The summed E-state index contributed by atoms with van der Waals surface area (Å²) in [6.07, 6.45) is 3.41. The van der Waals surface area contributed by atoms with Gasteiger partial charge in [0.05, 0.1) is 12.8 Å². The molecule has 18 heavy (non-hydrogen) atoms. The van der Waals surface area contributed by atoms with Gasteiger partial charge in [0.25, 0.3) is 0 Å². The van der Waals surface area contributed by atoms with E-state index in [1.54, 1.807) is 24.5 Å². The van der Waals surface area contributed by atoms with E-state index in [4.69, 9.17) is 10.5 Å². The van der Waals surface area contributed by atoms with Crippen molar-refractivity contribution in [3.8, 4) is 5.88 Å². The molecular formula is C11H13N5OS. The minimum Gasteiger partial charge on any atom is -0.481 e. The van der Waals surface area contributed by atoms with Gasteiger partial charge in [-0.1, -0.05) is 0 Å². The second-order valence-corrected chi connectivity index (χ2v) is 5.10. The van der Waals surface area contributed by atoms with Crippen LogP contribution in [-0.2, 0) is 12.8 Å². The van der Waals surface area contributed by atoms with Crippen LogP contribution in [0.1, 0.15) is 17.0 Å². The third-order valence-electron chi connectivity index (χ3n) is 2.76. The average molecular weight is 263 g/mol. The molecule has 0 unspecified atom stereocenters. The molecule has 0 saturated heterocycles. The Morgan fingerprint density at radius 2 is 2.22 bits per heavy atom. The lowest BCUT2D eigenvalue weighted by molar-refractivity contribution is 0.398. The predicted molar refractivity (Wildman–Crippen MR) is 70.4 cm³/mol. The number of hydrogen-bond acceptors (Lipinski definition) is 7. The Morgan fingerprint density at radius 1 is 1.33 bits per heavy atom. The smallest absolute Gasteiger partial charge is 0.225 e. The summed E-state index contributed by atoms with van der Waals surface area (Å²) in [6, 6.07) is 1.70. The molecule has 1 aliphatic carbocycles. The molecule has 0 spiro atoms. The summed E-state index contributed by atoms with van der Waals surface area (Å²) in [4.78, 5) is 13.9. The van der Waals surface area contributed by atoms with Crippen molar-refractivity contribution in [2.24, 2.45) is 0 Å². The highest BCUT2D eigenvalue weighted by Crippen LogP contribution is 2.32. The lowest BCUT2D eigenvalue weighted by Crippen LogP contribution is -2.01.